The number of ether oxygens (including phenoxy) is 2. The summed E-state index contributed by atoms with van der Waals surface area (Å²) >= 11 is 12.3. The summed E-state index contributed by atoms with van der Waals surface area (Å²) in [4.78, 5) is 67.5. The topological polar surface area (TPSA) is 146 Å². The van der Waals surface area contributed by atoms with Gasteiger partial charge in [0.05, 0.1) is 33.0 Å². The summed E-state index contributed by atoms with van der Waals surface area (Å²) in [7, 11) is 0. The van der Waals surface area contributed by atoms with Crippen molar-refractivity contribution in [3.63, 3.8) is 0 Å². The Bertz CT molecular complexity index is 3300. The van der Waals surface area contributed by atoms with E-state index in [2.05, 4.69) is 27.2 Å². The normalized spacial score (nSPS) is 16.5. The Morgan fingerprint density at radius 3 is 1.82 bits per heavy atom. The van der Waals surface area contributed by atoms with Gasteiger partial charge in [-0.2, -0.15) is 22.0 Å². The highest BCUT2D eigenvalue weighted by atomic mass is 35.5. The molecule has 4 atom stereocenters. The van der Waals surface area contributed by atoms with Crippen LogP contribution in [0.3, 0.4) is 0 Å². The third kappa shape index (κ3) is 17.5. The summed E-state index contributed by atoms with van der Waals surface area (Å²) in [5.74, 6) is -1.56. The van der Waals surface area contributed by atoms with Crippen molar-refractivity contribution in [3.8, 4) is 5.75 Å². The molecule has 2 aliphatic rings. The zero-order valence-electron chi connectivity index (χ0n) is 48.9. The number of nitrogens with one attached hydrogen (secondary N) is 2. The van der Waals surface area contributed by atoms with Crippen molar-refractivity contribution in [3.05, 3.63) is 208 Å². The second kappa shape index (κ2) is 28.9. The van der Waals surface area contributed by atoms with E-state index in [1.165, 1.54) is 52.5 Å². The molecule has 1 aliphatic heterocycles. The van der Waals surface area contributed by atoms with Crippen LogP contribution in [0, 0.1) is 5.82 Å². The maximum atomic E-state index is 15.0. The van der Waals surface area contributed by atoms with E-state index in [9.17, 15) is 45.5 Å². The van der Waals surface area contributed by atoms with Gasteiger partial charge in [-0.05, 0) is 117 Å². The molecule has 4 aromatic carbocycles. The van der Waals surface area contributed by atoms with Crippen molar-refractivity contribution in [2.75, 3.05) is 26.2 Å². The van der Waals surface area contributed by atoms with Gasteiger partial charge in [0, 0.05) is 70.3 Å². The second-order valence-electron chi connectivity index (χ2n) is 22.5. The lowest BCUT2D eigenvalue weighted by Gasteiger charge is -2.44. The predicted molar refractivity (Wildman–Crippen MR) is 319 cm³/mol. The van der Waals surface area contributed by atoms with E-state index in [1.807, 2.05) is 30.3 Å². The minimum absolute atomic E-state index is 0.0147. The van der Waals surface area contributed by atoms with Crippen molar-refractivity contribution in [1.82, 2.24) is 35.3 Å². The molecule has 2 N–H and O–H groups in total. The molecule has 22 heteroatoms. The first kappa shape index (κ1) is 66.8. The molecular weight excluding hydrogens is 1180 g/mol. The minimum Gasteiger partial charge on any atom is -0.444 e. The lowest BCUT2D eigenvalue weighted by molar-refractivity contribution is -0.215. The van der Waals surface area contributed by atoms with Gasteiger partial charge in [0.1, 0.15) is 34.0 Å². The number of amides is 5. The van der Waals surface area contributed by atoms with E-state index in [1.54, 1.807) is 87.2 Å². The Morgan fingerprint density at radius 2 is 1.31 bits per heavy atom. The van der Waals surface area contributed by atoms with Crippen LogP contribution in [0.25, 0.3) is 0 Å². The molecule has 0 spiro atoms. The molecule has 87 heavy (non-hydrogen) atoms. The van der Waals surface area contributed by atoms with Gasteiger partial charge in [-0.25, -0.2) is 23.2 Å². The average molecular weight is 1250 g/mol. The number of piperazine rings is 1. The van der Waals surface area contributed by atoms with Crippen molar-refractivity contribution in [2.45, 2.75) is 133 Å². The summed E-state index contributed by atoms with van der Waals surface area (Å²) in [6.45, 7) is 11.8. The molecule has 0 radical (unpaired) electrons. The SMILES string of the molecule is C=CCN(C(=O)N[C@](Cc1ccccc1)(c1cccc(OC(F)(F)C(C)F)c1)c1ccc(Cl)cn1)C1CCCC1.CCC(=O)CC1CN(C(=O)OC(C)(C)C)CCN1C(=O)N[C@](Cc1ccccc1)(c1cc(F)cc(C(F)(F)F)c1)c1ccc(Cl)cn1. The zero-order chi connectivity index (χ0) is 63.3. The van der Waals surface area contributed by atoms with Crippen LogP contribution in [0.2, 0.25) is 10.0 Å². The Kier molecular flexibility index (Phi) is 22.2. The monoisotopic (exact) mass is 1250 g/mol. The molecule has 5 amide bonds. The first-order chi connectivity index (χ1) is 41.1. The lowest BCUT2D eigenvalue weighted by atomic mass is 9.79. The summed E-state index contributed by atoms with van der Waals surface area (Å²) in [6.07, 6.45) is -3.56. The quantitative estimate of drug-likeness (QED) is 0.0602. The van der Waals surface area contributed by atoms with Gasteiger partial charge in [0.25, 0.3) is 0 Å². The van der Waals surface area contributed by atoms with Crippen LogP contribution in [-0.2, 0) is 39.6 Å². The zero-order valence-corrected chi connectivity index (χ0v) is 50.4. The van der Waals surface area contributed by atoms with Gasteiger partial charge in [-0.15, -0.1) is 6.58 Å². The van der Waals surface area contributed by atoms with Crippen LogP contribution >= 0.6 is 23.2 Å². The standard InChI is InChI=1S/C34H37ClF4N4O4.C31H33ClF3N3O2/c1-5-28(44)18-27-21-42(31(46)47-32(2,3)4)13-14-43(27)30(45)41-33(19-22-9-7-6-8-10-22,29-12-11-25(35)20-40-29)23-15-24(34(37,38)39)17-26(36)16-23;1-3-18-38(26-13-7-8-14-26)29(39)37-30(20-23-10-5-4-6-11-23,28-17-16-25(32)21-36-28)24-12-9-15-27(19-24)40-31(34,35)22(2)33/h6-12,15-17,20,27H,5,13-14,18-19,21H2,1-4H3,(H,41,45);3-6,9-12,15-17,19,21-22,26H,1,7-8,13-14,18,20H2,2H3,(H,37,39)/t27?,33-;22?,30-/m11/s1. The Hall–Kier alpha value is -7.71. The molecule has 0 bridgehead atoms. The number of halogens is 9. The van der Waals surface area contributed by atoms with Gasteiger partial charge >= 0.3 is 30.4 Å². The van der Waals surface area contributed by atoms with Crippen molar-refractivity contribution >= 4 is 47.1 Å². The van der Waals surface area contributed by atoms with Crippen LogP contribution in [0.4, 0.5) is 45.1 Å². The number of alkyl halides is 6. The molecule has 13 nitrogen and oxygen atoms in total. The molecule has 8 rings (SSSR count). The van der Waals surface area contributed by atoms with Gasteiger partial charge in [-0.1, -0.05) is 122 Å². The molecule has 464 valence electrons. The van der Waals surface area contributed by atoms with E-state index in [0.29, 0.717) is 34.5 Å². The van der Waals surface area contributed by atoms with Gasteiger partial charge in [0.15, 0.2) is 0 Å². The van der Waals surface area contributed by atoms with E-state index >= 15 is 4.39 Å². The number of carbonyl (C=O) groups excluding carboxylic acids is 4. The number of nitrogens with zero attached hydrogens (tertiary/aromatic N) is 5. The number of urea groups is 2. The maximum Gasteiger partial charge on any atom is 0.429 e. The van der Waals surface area contributed by atoms with Crippen LogP contribution in [-0.4, -0.2) is 105 Å². The third-order valence-corrected chi connectivity index (χ3v) is 15.4. The molecule has 6 aromatic rings. The smallest absolute Gasteiger partial charge is 0.429 e. The van der Waals surface area contributed by atoms with Crippen molar-refractivity contribution in [1.29, 1.82) is 0 Å². The van der Waals surface area contributed by atoms with Gasteiger partial charge in [0.2, 0.25) is 6.17 Å². The van der Waals surface area contributed by atoms with E-state index < -0.39 is 64.7 Å². The largest absolute Gasteiger partial charge is 0.444 e. The minimum atomic E-state index is -4.89. The summed E-state index contributed by atoms with van der Waals surface area (Å²) < 4.78 is 109. The van der Waals surface area contributed by atoms with Crippen molar-refractivity contribution in [2.24, 2.45) is 0 Å². The summed E-state index contributed by atoms with van der Waals surface area (Å²) in [5, 5.41) is 6.77. The molecule has 2 fully saturated rings. The Labute approximate surface area is 512 Å². The summed E-state index contributed by atoms with van der Waals surface area (Å²) in [5.41, 5.74) is -2.93. The highest BCUT2D eigenvalue weighted by molar-refractivity contribution is 6.30. The number of hydrogen-bond donors (Lipinski definition) is 2. The number of hydrogen-bond acceptors (Lipinski definition) is 8. The van der Waals surface area contributed by atoms with Gasteiger partial charge in [-0.3, -0.25) is 14.8 Å². The molecule has 1 saturated carbocycles. The summed E-state index contributed by atoms with van der Waals surface area (Å²) in [6, 6.07) is 30.7. The number of Topliss-reactive ketones (excluding diaryl/α,β-unsaturated/α-hetero) is 1. The van der Waals surface area contributed by atoms with Crippen LogP contribution in [0.5, 0.6) is 5.75 Å². The highest BCUT2D eigenvalue weighted by Gasteiger charge is 2.46. The highest BCUT2D eigenvalue weighted by Crippen LogP contribution is 2.40. The molecule has 3 heterocycles. The molecule has 1 aliphatic carbocycles. The first-order valence-corrected chi connectivity index (χ1v) is 29.2. The van der Waals surface area contributed by atoms with E-state index in [0.717, 1.165) is 50.3 Å². The van der Waals surface area contributed by atoms with Crippen LogP contribution in [0.1, 0.15) is 112 Å². The van der Waals surface area contributed by atoms with Crippen molar-refractivity contribution < 1.29 is 59.4 Å². The Morgan fingerprint density at radius 1 is 0.747 bits per heavy atom. The van der Waals surface area contributed by atoms with Crippen LogP contribution < -0.4 is 15.4 Å². The fraction of sp³-hybridized carbons (Fsp3) is 0.385. The first-order valence-electron chi connectivity index (χ1n) is 28.4. The number of rotatable bonds is 19. The number of aromatic nitrogens is 2. The molecule has 2 aromatic heterocycles. The lowest BCUT2D eigenvalue weighted by Crippen LogP contribution is -2.62. The fourth-order valence-electron chi connectivity index (χ4n) is 10.6. The Balaban J connectivity index is 0.000000252. The third-order valence-electron chi connectivity index (χ3n) is 15.0. The van der Waals surface area contributed by atoms with Gasteiger partial charge < -0.3 is 34.8 Å². The average Bonchev–Trinajstić information content (AvgIpc) is 1.06. The number of carbonyl (C=O) groups is 4. The van der Waals surface area contributed by atoms with E-state index in [-0.39, 0.29) is 85.2 Å². The van der Waals surface area contributed by atoms with Crippen LogP contribution in [0.15, 0.2) is 152 Å². The second-order valence-corrected chi connectivity index (χ2v) is 23.4. The number of pyridine rings is 2. The number of benzene rings is 4. The molecule has 2 unspecified atom stereocenters. The maximum absolute atomic E-state index is 15.0. The van der Waals surface area contributed by atoms with E-state index in [4.69, 9.17) is 32.7 Å². The molecule has 1 saturated heterocycles. The predicted octanol–water partition coefficient (Wildman–Crippen LogP) is 15.1. The fourth-order valence-corrected chi connectivity index (χ4v) is 10.8. The molecular formula is C65H70Cl2F7N7O6. The number of ketones is 1.